The molecular weight excluding hydrogens is 422 g/mol. The lowest BCUT2D eigenvalue weighted by molar-refractivity contribution is -0.384. The Morgan fingerprint density at radius 3 is 2.65 bits per heavy atom. The van der Waals surface area contributed by atoms with Crippen LogP contribution in [0.25, 0.3) is 6.08 Å². The predicted molar refractivity (Wildman–Crippen MR) is 117 cm³/mol. The number of nitro groups is 1. The van der Waals surface area contributed by atoms with Crippen LogP contribution in [0.3, 0.4) is 0 Å². The predicted octanol–water partition coefficient (Wildman–Crippen LogP) is 3.90. The lowest BCUT2D eigenvalue weighted by Crippen LogP contribution is -2.36. The first-order valence-electron chi connectivity index (χ1n) is 9.14. The fraction of sp³-hybridized carbons (Fsp3) is 0.190. The number of carbonyl (C=O) groups is 3. The third kappa shape index (κ3) is 4.92. The number of aryl methyl sites for hydroxylation is 2. The number of imide groups is 1. The number of anilines is 1. The maximum absolute atomic E-state index is 12.7. The summed E-state index contributed by atoms with van der Waals surface area (Å²) >= 11 is 0.657. The van der Waals surface area contributed by atoms with Crippen LogP contribution in [0.1, 0.15) is 16.7 Å². The van der Waals surface area contributed by atoms with E-state index in [-0.39, 0.29) is 16.2 Å². The Balaban J connectivity index is 1.79. The summed E-state index contributed by atoms with van der Waals surface area (Å²) in [5.74, 6) is -0.852. The molecule has 31 heavy (non-hydrogen) atoms. The normalized spacial score (nSPS) is 14.8. The van der Waals surface area contributed by atoms with Crippen molar-refractivity contribution < 1.29 is 24.0 Å². The van der Waals surface area contributed by atoms with Gasteiger partial charge in [-0.2, -0.15) is 0 Å². The smallest absolute Gasteiger partial charge is 0.294 e. The number of nitro benzene ring substituents is 1. The molecular formula is C21H19N3O6S. The van der Waals surface area contributed by atoms with E-state index in [1.165, 1.54) is 31.4 Å². The van der Waals surface area contributed by atoms with Crippen molar-refractivity contribution in [3.8, 4) is 5.75 Å². The van der Waals surface area contributed by atoms with Crippen LogP contribution in [-0.2, 0) is 9.59 Å². The number of non-ortho nitro benzene ring substituents is 1. The van der Waals surface area contributed by atoms with Crippen LogP contribution in [0.5, 0.6) is 5.75 Å². The second-order valence-corrected chi connectivity index (χ2v) is 7.81. The molecule has 0 aromatic heterocycles. The molecule has 0 bridgehead atoms. The number of nitrogens with one attached hydrogen (secondary N) is 1. The fourth-order valence-corrected chi connectivity index (χ4v) is 3.76. The first-order chi connectivity index (χ1) is 14.7. The lowest BCUT2D eigenvalue weighted by Gasteiger charge is -2.14. The molecule has 3 amide bonds. The van der Waals surface area contributed by atoms with Gasteiger partial charge in [-0.1, -0.05) is 12.1 Å². The molecule has 2 aromatic rings. The number of rotatable bonds is 6. The third-order valence-electron chi connectivity index (χ3n) is 4.55. The van der Waals surface area contributed by atoms with Crippen LogP contribution < -0.4 is 10.1 Å². The zero-order valence-electron chi connectivity index (χ0n) is 17.0. The van der Waals surface area contributed by atoms with Gasteiger partial charge in [0, 0.05) is 23.4 Å². The number of thioether (sulfide) groups is 1. The summed E-state index contributed by atoms with van der Waals surface area (Å²) in [6.45, 7) is 3.28. The van der Waals surface area contributed by atoms with Gasteiger partial charge in [0.1, 0.15) is 12.3 Å². The minimum absolute atomic E-state index is 0.0448. The summed E-state index contributed by atoms with van der Waals surface area (Å²) in [6, 6.07) is 9.51. The van der Waals surface area contributed by atoms with Crippen molar-refractivity contribution in [3.63, 3.8) is 0 Å². The van der Waals surface area contributed by atoms with E-state index in [1.54, 1.807) is 6.07 Å². The number of ether oxygens (including phenoxy) is 1. The van der Waals surface area contributed by atoms with Gasteiger partial charge in [0.05, 0.1) is 16.9 Å². The molecule has 0 atom stereocenters. The molecule has 10 heteroatoms. The summed E-state index contributed by atoms with van der Waals surface area (Å²) in [5, 5.41) is 13.2. The molecule has 1 aliphatic rings. The van der Waals surface area contributed by atoms with Crippen LogP contribution in [0.4, 0.5) is 16.2 Å². The number of methoxy groups -OCH3 is 1. The number of benzene rings is 2. The molecule has 0 aliphatic carbocycles. The highest BCUT2D eigenvalue weighted by Crippen LogP contribution is 2.35. The Kier molecular flexibility index (Phi) is 6.40. The second kappa shape index (κ2) is 9.00. The van der Waals surface area contributed by atoms with Gasteiger partial charge in [0.25, 0.3) is 16.8 Å². The Morgan fingerprint density at radius 1 is 1.23 bits per heavy atom. The Labute approximate surface area is 182 Å². The third-order valence-corrected chi connectivity index (χ3v) is 5.46. The zero-order valence-corrected chi connectivity index (χ0v) is 17.8. The quantitative estimate of drug-likeness (QED) is 0.410. The summed E-state index contributed by atoms with van der Waals surface area (Å²) in [4.78, 5) is 48.8. The van der Waals surface area contributed by atoms with Crippen molar-refractivity contribution in [3.05, 3.63) is 68.1 Å². The number of amides is 3. The van der Waals surface area contributed by atoms with E-state index in [9.17, 15) is 24.5 Å². The van der Waals surface area contributed by atoms with E-state index in [2.05, 4.69) is 5.32 Å². The van der Waals surface area contributed by atoms with E-state index in [1.807, 2.05) is 26.0 Å². The average molecular weight is 441 g/mol. The van der Waals surface area contributed by atoms with Crippen molar-refractivity contribution in [2.24, 2.45) is 0 Å². The number of carbonyl (C=O) groups excluding carboxylic acids is 3. The summed E-state index contributed by atoms with van der Waals surface area (Å²) in [6.07, 6.45) is 1.35. The molecule has 1 saturated heterocycles. The summed E-state index contributed by atoms with van der Waals surface area (Å²) in [5.41, 5.74) is 2.52. The van der Waals surface area contributed by atoms with Gasteiger partial charge in [-0.3, -0.25) is 29.4 Å². The van der Waals surface area contributed by atoms with Crippen LogP contribution in [-0.4, -0.2) is 40.5 Å². The van der Waals surface area contributed by atoms with Crippen LogP contribution in [0.2, 0.25) is 0 Å². The maximum Gasteiger partial charge on any atom is 0.294 e. The Hall–Kier alpha value is -3.66. The van der Waals surface area contributed by atoms with E-state index in [0.29, 0.717) is 23.2 Å². The van der Waals surface area contributed by atoms with E-state index in [4.69, 9.17) is 4.74 Å². The Bertz CT molecular complexity index is 1130. The van der Waals surface area contributed by atoms with Crippen molar-refractivity contribution in [2.45, 2.75) is 13.8 Å². The van der Waals surface area contributed by atoms with Crippen molar-refractivity contribution in [1.82, 2.24) is 4.90 Å². The molecule has 3 rings (SSSR count). The minimum atomic E-state index is -0.653. The first-order valence-corrected chi connectivity index (χ1v) is 9.96. The van der Waals surface area contributed by atoms with E-state index >= 15 is 0 Å². The van der Waals surface area contributed by atoms with Gasteiger partial charge >= 0.3 is 0 Å². The van der Waals surface area contributed by atoms with E-state index < -0.39 is 28.5 Å². The minimum Gasteiger partial charge on any atom is -0.496 e. The molecule has 1 heterocycles. The Morgan fingerprint density at radius 2 is 1.97 bits per heavy atom. The van der Waals surface area contributed by atoms with E-state index in [0.717, 1.165) is 16.0 Å². The topological polar surface area (TPSA) is 119 Å². The SMILES string of the molecule is COc1ccc([N+](=O)[O-])cc1/C=C1/SC(=O)N(CC(=O)Nc2cc(C)ccc2C)C1=O. The van der Waals surface area contributed by atoms with Crippen molar-refractivity contribution >= 4 is 46.3 Å². The molecule has 0 unspecified atom stereocenters. The fourth-order valence-electron chi connectivity index (χ4n) is 2.93. The lowest BCUT2D eigenvalue weighted by atomic mass is 10.1. The largest absolute Gasteiger partial charge is 0.496 e. The highest BCUT2D eigenvalue weighted by Gasteiger charge is 2.36. The molecule has 1 aliphatic heterocycles. The van der Waals surface area contributed by atoms with Crippen molar-refractivity contribution in [1.29, 1.82) is 0 Å². The number of hydrogen-bond donors (Lipinski definition) is 1. The van der Waals surface area contributed by atoms with Gasteiger partial charge in [0.2, 0.25) is 5.91 Å². The molecule has 0 radical (unpaired) electrons. The molecule has 0 saturated carbocycles. The highest BCUT2D eigenvalue weighted by atomic mass is 32.2. The molecule has 2 aromatic carbocycles. The monoisotopic (exact) mass is 441 g/mol. The van der Waals surface area contributed by atoms with Gasteiger partial charge in [-0.15, -0.1) is 0 Å². The van der Waals surface area contributed by atoms with Gasteiger partial charge < -0.3 is 10.1 Å². The van der Waals surface area contributed by atoms with Gasteiger partial charge in [-0.25, -0.2) is 0 Å². The number of nitrogens with zero attached hydrogens (tertiary/aromatic N) is 2. The molecule has 9 nitrogen and oxygen atoms in total. The van der Waals surface area contributed by atoms with Crippen LogP contribution in [0.15, 0.2) is 41.3 Å². The molecule has 1 N–H and O–H groups in total. The van der Waals surface area contributed by atoms with Crippen molar-refractivity contribution in [2.75, 3.05) is 19.0 Å². The number of hydrogen-bond acceptors (Lipinski definition) is 7. The first kappa shape index (κ1) is 22.0. The van der Waals surface area contributed by atoms with Gasteiger partial charge in [0.15, 0.2) is 0 Å². The molecule has 0 spiro atoms. The standard InChI is InChI=1S/C21H19N3O6S/c1-12-4-5-13(2)16(8-12)22-19(25)11-23-20(26)18(31-21(23)27)10-14-9-15(24(28)29)6-7-17(14)30-3/h4-10H,11H2,1-3H3,(H,22,25)/b18-10+. The van der Waals surface area contributed by atoms with Crippen LogP contribution >= 0.6 is 11.8 Å². The average Bonchev–Trinajstić information content (AvgIpc) is 2.98. The summed E-state index contributed by atoms with van der Waals surface area (Å²) < 4.78 is 5.18. The maximum atomic E-state index is 12.7. The molecule has 1 fully saturated rings. The summed E-state index contributed by atoms with van der Waals surface area (Å²) in [7, 11) is 1.39. The second-order valence-electron chi connectivity index (χ2n) is 6.82. The molecule has 160 valence electrons. The van der Waals surface area contributed by atoms with Crippen LogP contribution in [0, 0.1) is 24.0 Å². The van der Waals surface area contributed by atoms with Gasteiger partial charge in [-0.05, 0) is 54.9 Å². The highest BCUT2D eigenvalue weighted by molar-refractivity contribution is 8.18. The zero-order chi connectivity index (χ0) is 22.7.